The van der Waals surface area contributed by atoms with Gasteiger partial charge in [0.25, 0.3) is 5.96 Å². The Hall–Kier alpha value is -2.67. The highest BCUT2D eigenvalue weighted by Gasteiger charge is 2.29. The van der Waals surface area contributed by atoms with Crippen LogP contribution in [0.1, 0.15) is 59.3 Å². The Morgan fingerprint density at radius 1 is 1.23 bits per heavy atom. The quantitative estimate of drug-likeness (QED) is 0.0346. The standard InChI is InChI=1S/C18H35BN6O6/c1-4-5-6-7-10-16(26)22-14(9-8-11-21-18(20)24-25(30)31)17(27)23-15(19(28)29)12-13(2)3/h7,10,13-15,28-29H,4-6,8-9,11-12H2,1-3H3,(H,22,26)(H,23,27)(H3,20,21,24)/b10-7+/t14-,15-/m0/s1. The molecule has 0 aromatic rings. The summed E-state index contributed by atoms with van der Waals surface area (Å²) in [5.41, 5.74) is 1.66. The Morgan fingerprint density at radius 2 is 1.90 bits per heavy atom. The number of hydrazine groups is 1. The molecule has 0 heterocycles. The zero-order chi connectivity index (χ0) is 23.8. The molecule has 12 nitrogen and oxygen atoms in total. The molecule has 0 aromatic heterocycles. The average molecular weight is 442 g/mol. The average Bonchev–Trinajstić information content (AvgIpc) is 2.66. The maximum absolute atomic E-state index is 12.7. The Bertz CT molecular complexity index is 616. The van der Waals surface area contributed by atoms with E-state index in [0.717, 1.165) is 19.3 Å². The Balaban J connectivity index is 4.96. The second-order valence-corrected chi connectivity index (χ2v) is 7.58. The normalized spacial score (nSPS) is 12.8. The summed E-state index contributed by atoms with van der Waals surface area (Å²) in [6.07, 6.45) is 6.58. The number of carbonyl (C=O) groups is 2. The molecule has 2 atom stereocenters. The van der Waals surface area contributed by atoms with Crippen LogP contribution in [-0.4, -0.2) is 58.5 Å². The monoisotopic (exact) mass is 442 g/mol. The van der Waals surface area contributed by atoms with E-state index in [1.807, 2.05) is 20.8 Å². The molecule has 0 fully saturated rings. The van der Waals surface area contributed by atoms with E-state index in [4.69, 9.17) is 5.41 Å². The van der Waals surface area contributed by atoms with Crippen molar-refractivity contribution in [3.8, 4) is 0 Å². The molecular weight excluding hydrogens is 407 g/mol. The molecule has 2 amide bonds. The lowest BCUT2D eigenvalue weighted by Gasteiger charge is -2.24. The Kier molecular flexibility index (Phi) is 14.7. The number of hydrogen-bond donors (Lipinski definition) is 7. The molecule has 13 heteroatoms. The van der Waals surface area contributed by atoms with Gasteiger partial charge in [0.05, 0.1) is 5.94 Å². The van der Waals surface area contributed by atoms with E-state index >= 15 is 0 Å². The maximum Gasteiger partial charge on any atom is 0.475 e. The summed E-state index contributed by atoms with van der Waals surface area (Å²) in [5, 5.41) is 43.5. The van der Waals surface area contributed by atoms with Crippen molar-refractivity contribution in [3.63, 3.8) is 0 Å². The molecule has 0 aliphatic carbocycles. The van der Waals surface area contributed by atoms with Gasteiger partial charge in [-0.05, 0) is 37.7 Å². The van der Waals surface area contributed by atoms with Crippen LogP contribution in [0.15, 0.2) is 12.2 Å². The molecule has 0 aromatic carbocycles. The number of allylic oxidation sites excluding steroid dienone is 1. The number of nitrogens with one attached hydrogen (secondary N) is 5. The fraction of sp³-hybridized carbons (Fsp3) is 0.722. The summed E-state index contributed by atoms with van der Waals surface area (Å²) in [6, 6.07) is -0.948. The molecule has 176 valence electrons. The highest BCUT2D eigenvalue weighted by Crippen LogP contribution is 2.07. The van der Waals surface area contributed by atoms with Crippen molar-refractivity contribution in [2.45, 2.75) is 71.3 Å². The lowest BCUT2D eigenvalue weighted by molar-refractivity contribution is -0.525. The number of amides is 2. The van der Waals surface area contributed by atoms with Crippen LogP contribution in [0, 0.1) is 21.4 Å². The molecule has 0 saturated heterocycles. The van der Waals surface area contributed by atoms with Gasteiger partial charge in [-0.25, -0.2) is 10.1 Å². The molecule has 0 unspecified atom stereocenters. The minimum atomic E-state index is -1.74. The van der Waals surface area contributed by atoms with Gasteiger partial charge in [-0.1, -0.05) is 45.1 Å². The van der Waals surface area contributed by atoms with Crippen molar-refractivity contribution in [2.24, 2.45) is 5.92 Å². The van der Waals surface area contributed by atoms with E-state index in [2.05, 4.69) is 16.0 Å². The van der Waals surface area contributed by atoms with Crippen LogP contribution in [0.5, 0.6) is 0 Å². The number of hydrogen-bond acceptors (Lipinski definition) is 7. The van der Waals surface area contributed by atoms with Crippen LogP contribution in [0.3, 0.4) is 0 Å². The van der Waals surface area contributed by atoms with Gasteiger partial charge in [-0.3, -0.25) is 15.0 Å². The SMILES string of the molecule is CCCC/C=C/C(=O)N[C@@H](CCCNC(=N)N[N+](=O)[O-])C(=O)N[C@@H](CC(C)C)B(O)O. The largest absolute Gasteiger partial charge is 0.475 e. The number of rotatable bonds is 15. The van der Waals surface area contributed by atoms with Gasteiger partial charge in [-0.2, -0.15) is 0 Å². The summed E-state index contributed by atoms with van der Waals surface area (Å²) < 4.78 is 0. The van der Waals surface area contributed by atoms with Gasteiger partial charge in [0.15, 0.2) is 5.03 Å². The highest BCUT2D eigenvalue weighted by atomic mass is 16.7. The molecule has 0 aliphatic rings. The smallest absolute Gasteiger partial charge is 0.426 e. The number of unbranched alkanes of at least 4 members (excludes halogenated alkanes) is 2. The van der Waals surface area contributed by atoms with Crippen LogP contribution in [0.25, 0.3) is 0 Å². The number of carbonyl (C=O) groups excluding carboxylic acids is 2. The molecule has 0 radical (unpaired) electrons. The summed E-state index contributed by atoms with van der Waals surface area (Å²) in [7, 11) is -1.74. The van der Waals surface area contributed by atoms with Gasteiger partial charge in [-0.15, -0.1) is 0 Å². The number of nitrogens with zero attached hydrogens (tertiary/aromatic N) is 1. The minimum absolute atomic E-state index is 0.103. The van der Waals surface area contributed by atoms with Crippen molar-refractivity contribution in [3.05, 3.63) is 22.3 Å². The first kappa shape index (κ1) is 28.3. The molecule has 0 bridgehead atoms. The van der Waals surface area contributed by atoms with Gasteiger partial charge in [0, 0.05) is 6.54 Å². The zero-order valence-corrected chi connectivity index (χ0v) is 18.4. The number of nitro groups is 1. The highest BCUT2D eigenvalue weighted by molar-refractivity contribution is 6.43. The van der Waals surface area contributed by atoms with Gasteiger partial charge in [0.2, 0.25) is 11.8 Å². The Labute approximate surface area is 183 Å². The minimum Gasteiger partial charge on any atom is -0.426 e. The lowest BCUT2D eigenvalue weighted by Crippen LogP contribution is -2.54. The van der Waals surface area contributed by atoms with Gasteiger partial charge < -0.3 is 26.0 Å². The number of guanidine groups is 1. The van der Waals surface area contributed by atoms with Crippen LogP contribution in [-0.2, 0) is 9.59 Å². The van der Waals surface area contributed by atoms with E-state index < -0.39 is 41.9 Å². The molecule has 31 heavy (non-hydrogen) atoms. The zero-order valence-electron chi connectivity index (χ0n) is 18.4. The van der Waals surface area contributed by atoms with Crippen molar-refractivity contribution in [1.29, 1.82) is 5.41 Å². The lowest BCUT2D eigenvalue weighted by atomic mass is 9.75. The molecule has 7 N–H and O–H groups in total. The van der Waals surface area contributed by atoms with Crippen molar-refractivity contribution in [2.75, 3.05) is 6.54 Å². The second-order valence-electron chi connectivity index (χ2n) is 7.58. The van der Waals surface area contributed by atoms with Crippen LogP contribution in [0.4, 0.5) is 0 Å². The fourth-order valence-electron chi connectivity index (χ4n) is 2.70. The van der Waals surface area contributed by atoms with Crippen LogP contribution < -0.4 is 21.4 Å². The van der Waals surface area contributed by atoms with Gasteiger partial charge in [0.1, 0.15) is 6.04 Å². The second kappa shape index (κ2) is 16.1. The first-order valence-electron chi connectivity index (χ1n) is 10.4. The van der Waals surface area contributed by atoms with E-state index in [0.29, 0.717) is 12.8 Å². The third kappa shape index (κ3) is 14.9. The summed E-state index contributed by atoms with van der Waals surface area (Å²) in [6.45, 7) is 5.94. The molecule has 0 rings (SSSR count). The van der Waals surface area contributed by atoms with Crippen LogP contribution >= 0.6 is 0 Å². The van der Waals surface area contributed by atoms with E-state index in [1.54, 1.807) is 11.5 Å². The molecular formula is C18H35BN6O6. The van der Waals surface area contributed by atoms with Gasteiger partial charge >= 0.3 is 7.12 Å². The predicted octanol–water partition coefficient (Wildman–Crippen LogP) is -0.154. The summed E-state index contributed by atoms with van der Waals surface area (Å²) in [5.74, 6) is -2.28. The van der Waals surface area contributed by atoms with Crippen molar-refractivity contribution >= 4 is 24.9 Å². The maximum atomic E-state index is 12.7. The molecule has 0 aliphatic heterocycles. The Morgan fingerprint density at radius 3 is 2.45 bits per heavy atom. The third-order valence-corrected chi connectivity index (χ3v) is 4.21. The fourth-order valence-corrected chi connectivity index (χ4v) is 2.70. The third-order valence-electron chi connectivity index (χ3n) is 4.21. The summed E-state index contributed by atoms with van der Waals surface area (Å²) in [4.78, 5) is 35.1. The molecule has 0 spiro atoms. The molecule has 0 saturated carbocycles. The first-order valence-corrected chi connectivity index (χ1v) is 10.4. The summed E-state index contributed by atoms with van der Waals surface area (Å²) >= 11 is 0. The van der Waals surface area contributed by atoms with Crippen molar-refractivity contribution in [1.82, 2.24) is 21.4 Å². The van der Waals surface area contributed by atoms with E-state index in [-0.39, 0.29) is 18.9 Å². The van der Waals surface area contributed by atoms with Crippen LogP contribution in [0.2, 0.25) is 0 Å². The first-order chi connectivity index (χ1) is 14.6. The topological polar surface area (TPSA) is 190 Å². The van der Waals surface area contributed by atoms with Crippen molar-refractivity contribution < 1.29 is 24.7 Å². The van der Waals surface area contributed by atoms with E-state index in [1.165, 1.54) is 6.08 Å². The van der Waals surface area contributed by atoms with E-state index in [9.17, 15) is 29.8 Å². The predicted molar refractivity (Wildman–Crippen MR) is 117 cm³/mol.